The van der Waals surface area contributed by atoms with Gasteiger partial charge in [-0.3, -0.25) is 4.79 Å². The van der Waals surface area contributed by atoms with E-state index < -0.39 is 11.9 Å². The van der Waals surface area contributed by atoms with Crippen LogP contribution in [0.1, 0.15) is 26.3 Å². The Morgan fingerprint density at radius 3 is 2.30 bits per heavy atom. The summed E-state index contributed by atoms with van der Waals surface area (Å²) in [5, 5.41) is 9.05. The van der Waals surface area contributed by atoms with Crippen molar-refractivity contribution in [3.8, 4) is 5.75 Å². The van der Waals surface area contributed by atoms with Crippen LogP contribution >= 0.6 is 0 Å². The Morgan fingerprint density at radius 2 is 1.70 bits per heavy atom. The molecule has 0 aliphatic carbocycles. The van der Waals surface area contributed by atoms with Crippen LogP contribution < -0.4 is 10.5 Å². The number of aromatic carboxylic acids is 1. The van der Waals surface area contributed by atoms with Crippen LogP contribution in [-0.4, -0.2) is 17.0 Å². The number of carboxylic acids is 1. The van der Waals surface area contributed by atoms with Gasteiger partial charge in [0.2, 0.25) is 5.91 Å². The van der Waals surface area contributed by atoms with E-state index in [1.165, 1.54) is 6.07 Å². The largest absolute Gasteiger partial charge is 0.489 e. The maximum atomic E-state index is 11.0. The zero-order valence-electron chi connectivity index (χ0n) is 10.6. The van der Waals surface area contributed by atoms with Crippen LogP contribution in [0.25, 0.3) is 0 Å². The molecule has 0 spiro atoms. The summed E-state index contributed by atoms with van der Waals surface area (Å²) in [5.74, 6) is -0.962. The predicted molar refractivity (Wildman–Crippen MR) is 72.7 cm³/mol. The van der Waals surface area contributed by atoms with Gasteiger partial charge in [0.05, 0.1) is 5.56 Å². The number of carbonyl (C=O) groups excluding carboxylic acids is 1. The summed E-state index contributed by atoms with van der Waals surface area (Å²) in [7, 11) is 0. The number of amides is 1. The predicted octanol–water partition coefficient (Wildman–Crippen LogP) is 2.06. The van der Waals surface area contributed by atoms with Gasteiger partial charge in [-0.2, -0.15) is 0 Å². The molecule has 0 bridgehead atoms. The number of hydrogen-bond acceptors (Lipinski definition) is 3. The molecule has 0 saturated carbocycles. The molecule has 2 aromatic rings. The Hall–Kier alpha value is -2.82. The summed E-state index contributed by atoms with van der Waals surface area (Å²) >= 11 is 0. The molecule has 1 amide bonds. The molecule has 20 heavy (non-hydrogen) atoms. The molecule has 0 radical (unpaired) electrons. The summed E-state index contributed by atoms with van der Waals surface area (Å²) in [5.41, 5.74) is 6.32. The van der Waals surface area contributed by atoms with E-state index in [9.17, 15) is 9.59 Å². The van der Waals surface area contributed by atoms with Gasteiger partial charge >= 0.3 is 5.97 Å². The normalized spacial score (nSPS) is 10.0. The van der Waals surface area contributed by atoms with Gasteiger partial charge in [-0.15, -0.1) is 0 Å². The van der Waals surface area contributed by atoms with Crippen molar-refractivity contribution in [3.63, 3.8) is 0 Å². The van der Waals surface area contributed by atoms with E-state index in [4.69, 9.17) is 15.6 Å². The number of ether oxygens (including phenoxy) is 1. The fourth-order valence-corrected chi connectivity index (χ4v) is 1.73. The average molecular weight is 271 g/mol. The summed E-state index contributed by atoms with van der Waals surface area (Å²) < 4.78 is 5.50. The molecule has 0 fully saturated rings. The maximum Gasteiger partial charge on any atom is 0.336 e. The minimum atomic E-state index is -0.992. The highest BCUT2D eigenvalue weighted by Gasteiger charge is 2.09. The second-order valence-electron chi connectivity index (χ2n) is 4.14. The topological polar surface area (TPSA) is 89.6 Å². The second-order valence-corrected chi connectivity index (χ2v) is 4.14. The summed E-state index contributed by atoms with van der Waals surface area (Å²) in [4.78, 5) is 22.0. The lowest BCUT2D eigenvalue weighted by atomic mass is 10.1. The first kappa shape index (κ1) is 13.6. The highest BCUT2D eigenvalue weighted by Crippen LogP contribution is 2.16. The van der Waals surface area contributed by atoms with E-state index in [1.54, 1.807) is 42.5 Å². The lowest BCUT2D eigenvalue weighted by molar-refractivity contribution is 0.0693. The number of primary amides is 1. The summed E-state index contributed by atoms with van der Waals surface area (Å²) in [6, 6.07) is 13.0. The molecule has 0 saturated heterocycles. The molecule has 0 heterocycles. The lowest BCUT2D eigenvalue weighted by Crippen LogP contribution is -2.10. The van der Waals surface area contributed by atoms with Gasteiger partial charge in [-0.25, -0.2) is 4.79 Å². The van der Waals surface area contributed by atoms with E-state index in [0.29, 0.717) is 16.9 Å². The molecular formula is C15H13NO4. The fraction of sp³-hybridized carbons (Fsp3) is 0.0667. The van der Waals surface area contributed by atoms with Crippen molar-refractivity contribution in [2.24, 2.45) is 5.73 Å². The van der Waals surface area contributed by atoms with Gasteiger partial charge in [0.15, 0.2) is 0 Å². The highest BCUT2D eigenvalue weighted by atomic mass is 16.5. The standard InChI is InChI=1S/C15H13NO4/c16-14(17)10-5-7-12(8-6-10)20-9-11-3-1-2-4-13(11)15(18)19/h1-8H,9H2,(H2,16,17)(H,18,19). The third-order valence-corrected chi connectivity index (χ3v) is 2.78. The van der Waals surface area contributed by atoms with Crippen molar-refractivity contribution in [1.82, 2.24) is 0 Å². The molecule has 2 rings (SSSR count). The minimum absolute atomic E-state index is 0.137. The van der Waals surface area contributed by atoms with Crippen molar-refractivity contribution >= 4 is 11.9 Å². The zero-order chi connectivity index (χ0) is 14.5. The Bertz CT molecular complexity index is 635. The molecule has 0 atom stereocenters. The van der Waals surface area contributed by atoms with Crippen LogP contribution in [-0.2, 0) is 6.61 Å². The van der Waals surface area contributed by atoms with Gasteiger partial charge in [-0.1, -0.05) is 18.2 Å². The third-order valence-electron chi connectivity index (χ3n) is 2.78. The van der Waals surface area contributed by atoms with Crippen LogP contribution in [0.3, 0.4) is 0 Å². The van der Waals surface area contributed by atoms with Gasteiger partial charge in [0.25, 0.3) is 0 Å². The van der Waals surface area contributed by atoms with E-state index in [-0.39, 0.29) is 12.2 Å². The quantitative estimate of drug-likeness (QED) is 0.871. The van der Waals surface area contributed by atoms with Crippen molar-refractivity contribution in [2.75, 3.05) is 0 Å². The van der Waals surface area contributed by atoms with Gasteiger partial charge in [-0.05, 0) is 30.3 Å². The Morgan fingerprint density at radius 1 is 1.05 bits per heavy atom. The lowest BCUT2D eigenvalue weighted by Gasteiger charge is -2.09. The molecular weight excluding hydrogens is 258 g/mol. The summed E-state index contributed by atoms with van der Waals surface area (Å²) in [6.45, 7) is 0.137. The van der Waals surface area contributed by atoms with Gasteiger partial charge < -0.3 is 15.6 Å². The number of hydrogen-bond donors (Lipinski definition) is 2. The van der Waals surface area contributed by atoms with E-state index >= 15 is 0 Å². The first-order chi connectivity index (χ1) is 9.58. The minimum Gasteiger partial charge on any atom is -0.489 e. The smallest absolute Gasteiger partial charge is 0.336 e. The highest BCUT2D eigenvalue weighted by molar-refractivity contribution is 5.92. The Kier molecular flexibility index (Phi) is 4.00. The number of benzene rings is 2. The van der Waals surface area contributed by atoms with Crippen molar-refractivity contribution in [3.05, 3.63) is 65.2 Å². The molecule has 5 heteroatoms. The van der Waals surface area contributed by atoms with Crippen LogP contribution in [0.4, 0.5) is 0 Å². The molecule has 2 aromatic carbocycles. The maximum absolute atomic E-state index is 11.0. The Labute approximate surface area is 115 Å². The monoisotopic (exact) mass is 271 g/mol. The summed E-state index contributed by atoms with van der Waals surface area (Å²) in [6.07, 6.45) is 0. The van der Waals surface area contributed by atoms with Crippen molar-refractivity contribution < 1.29 is 19.4 Å². The van der Waals surface area contributed by atoms with Crippen LogP contribution in [0.2, 0.25) is 0 Å². The first-order valence-electron chi connectivity index (χ1n) is 5.92. The van der Waals surface area contributed by atoms with E-state index in [2.05, 4.69) is 0 Å². The van der Waals surface area contributed by atoms with Gasteiger partial charge in [0, 0.05) is 11.1 Å². The third kappa shape index (κ3) is 3.14. The molecule has 5 nitrogen and oxygen atoms in total. The molecule has 0 unspecified atom stereocenters. The van der Waals surface area contributed by atoms with Crippen LogP contribution in [0, 0.1) is 0 Å². The van der Waals surface area contributed by atoms with Crippen LogP contribution in [0.15, 0.2) is 48.5 Å². The molecule has 3 N–H and O–H groups in total. The number of carboxylic acid groups (broad SMARTS) is 1. The van der Waals surface area contributed by atoms with Gasteiger partial charge in [0.1, 0.15) is 12.4 Å². The number of carbonyl (C=O) groups is 2. The number of nitrogens with two attached hydrogens (primary N) is 1. The molecule has 0 aliphatic heterocycles. The van der Waals surface area contributed by atoms with E-state index in [0.717, 1.165) is 0 Å². The molecule has 0 aliphatic rings. The van der Waals surface area contributed by atoms with E-state index in [1.807, 2.05) is 0 Å². The molecule has 0 aromatic heterocycles. The average Bonchev–Trinajstić information content (AvgIpc) is 2.45. The fourth-order valence-electron chi connectivity index (χ4n) is 1.73. The van der Waals surface area contributed by atoms with Crippen molar-refractivity contribution in [2.45, 2.75) is 6.61 Å². The second kappa shape index (κ2) is 5.88. The van der Waals surface area contributed by atoms with Crippen molar-refractivity contribution in [1.29, 1.82) is 0 Å². The van der Waals surface area contributed by atoms with Crippen LogP contribution in [0.5, 0.6) is 5.75 Å². The molecule has 102 valence electrons. The SMILES string of the molecule is NC(=O)c1ccc(OCc2ccccc2C(=O)O)cc1. The number of rotatable bonds is 5. The zero-order valence-corrected chi connectivity index (χ0v) is 10.6. The first-order valence-corrected chi connectivity index (χ1v) is 5.92. The Balaban J connectivity index is 2.09.